The van der Waals surface area contributed by atoms with Crippen molar-refractivity contribution < 1.29 is 12.9 Å². The highest BCUT2D eigenvalue weighted by Crippen LogP contribution is 2.29. The summed E-state index contributed by atoms with van der Waals surface area (Å²) in [6, 6.07) is 3.02. The Morgan fingerprint density at radius 1 is 1.44 bits per heavy atom. The number of halogens is 1. The molecule has 8 heteroatoms. The monoisotopic (exact) mass is 287 g/mol. The summed E-state index contributed by atoms with van der Waals surface area (Å²) in [7, 11) is -3.75. The Morgan fingerprint density at radius 2 is 2.17 bits per heavy atom. The Hall–Kier alpha value is -1.47. The van der Waals surface area contributed by atoms with Gasteiger partial charge in [-0.2, -0.15) is 4.98 Å². The van der Waals surface area contributed by atoms with E-state index >= 15 is 0 Å². The molecule has 0 bridgehead atoms. The predicted molar refractivity (Wildman–Crippen MR) is 63.9 cm³/mol. The second-order valence-corrected chi connectivity index (χ2v) is 6.25. The van der Waals surface area contributed by atoms with E-state index in [2.05, 4.69) is 15.1 Å². The van der Waals surface area contributed by atoms with Crippen LogP contribution in [0.15, 0.2) is 27.9 Å². The number of aromatic nitrogens is 3. The Kier molecular flexibility index (Phi) is 3.36. The van der Waals surface area contributed by atoms with E-state index in [-0.39, 0.29) is 15.9 Å². The molecule has 2 heterocycles. The number of nitrogens with zero attached hydrogens (tertiary/aromatic N) is 3. The van der Waals surface area contributed by atoms with Gasteiger partial charge in [0.1, 0.15) is 5.25 Å². The van der Waals surface area contributed by atoms with Crippen molar-refractivity contribution in [2.75, 3.05) is 0 Å². The number of sulfone groups is 1. The summed E-state index contributed by atoms with van der Waals surface area (Å²) >= 11 is 5.84. The summed E-state index contributed by atoms with van der Waals surface area (Å²) in [4.78, 5) is 7.70. The molecule has 96 valence electrons. The lowest BCUT2D eigenvalue weighted by Crippen LogP contribution is -2.13. The van der Waals surface area contributed by atoms with Gasteiger partial charge in [0.05, 0.1) is 5.02 Å². The zero-order valence-corrected chi connectivity index (χ0v) is 11.2. The van der Waals surface area contributed by atoms with E-state index in [4.69, 9.17) is 16.1 Å². The molecule has 2 aromatic rings. The molecular weight excluding hydrogens is 278 g/mol. The molecule has 0 aromatic carbocycles. The lowest BCUT2D eigenvalue weighted by molar-refractivity contribution is 0.372. The third-order valence-corrected chi connectivity index (χ3v) is 4.76. The molecule has 0 spiro atoms. The van der Waals surface area contributed by atoms with Crippen LogP contribution in [0.25, 0.3) is 0 Å². The molecule has 2 aromatic heterocycles. The third-order valence-electron chi connectivity index (χ3n) is 2.35. The average Bonchev–Trinajstić information content (AvgIpc) is 2.75. The quantitative estimate of drug-likeness (QED) is 0.858. The molecule has 0 aliphatic rings. The lowest BCUT2D eigenvalue weighted by atomic mass is 10.5. The van der Waals surface area contributed by atoms with Gasteiger partial charge in [-0.3, -0.25) is 0 Å². The van der Waals surface area contributed by atoms with E-state index in [1.807, 2.05) is 0 Å². The summed E-state index contributed by atoms with van der Waals surface area (Å²) in [5.74, 6) is 0.397. The summed E-state index contributed by atoms with van der Waals surface area (Å²) in [6.07, 6.45) is 1.37. The van der Waals surface area contributed by atoms with E-state index < -0.39 is 15.1 Å². The SMILES string of the molecule is Cc1noc([C@@H](C)S(=O)(=O)c2ncccc2Cl)n1. The van der Waals surface area contributed by atoms with Crippen molar-refractivity contribution >= 4 is 21.4 Å². The van der Waals surface area contributed by atoms with Crippen LogP contribution in [0.3, 0.4) is 0 Å². The minimum absolute atomic E-state index is 0.0224. The van der Waals surface area contributed by atoms with Crippen LogP contribution >= 0.6 is 11.6 Å². The molecule has 0 aliphatic heterocycles. The van der Waals surface area contributed by atoms with Crippen LogP contribution in [0.5, 0.6) is 0 Å². The van der Waals surface area contributed by atoms with Crippen molar-refractivity contribution in [3.8, 4) is 0 Å². The second kappa shape index (κ2) is 4.66. The molecule has 6 nitrogen and oxygen atoms in total. The molecule has 0 fully saturated rings. The number of pyridine rings is 1. The smallest absolute Gasteiger partial charge is 0.245 e. The van der Waals surface area contributed by atoms with Crippen LogP contribution in [0.4, 0.5) is 0 Å². The first-order chi connectivity index (χ1) is 8.43. The van der Waals surface area contributed by atoms with Gasteiger partial charge in [0.25, 0.3) is 0 Å². The zero-order valence-electron chi connectivity index (χ0n) is 9.66. The molecule has 1 atom stereocenters. The normalized spacial score (nSPS) is 13.5. The lowest BCUT2D eigenvalue weighted by Gasteiger charge is -2.08. The summed E-state index contributed by atoms with van der Waals surface area (Å²) in [6.45, 7) is 3.06. The fraction of sp³-hybridized carbons (Fsp3) is 0.300. The van der Waals surface area contributed by atoms with E-state index in [0.29, 0.717) is 5.82 Å². The van der Waals surface area contributed by atoms with Gasteiger partial charge in [-0.15, -0.1) is 0 Å². The average molecular weight is 288 g/mol. The maximum atomic E-state index is 12.3. The van der Waals surface area contributed by atoms with Crippen LogP contribution in [0, 0.1) is 6.92 Å². The molecular formula is C10H10ClN3O3S. The second-order valence-electron chi connectivity index (χ2n) is 3.66. The molecule has 2 rings (SSSR count). The van der Waals surface area contributed by atoms with Crippen LogP contribution in [0.1, 0.15) is 23.9 Å². The Morgan fingerprint density at radius 3 is 2.72 bits per heavy atom. The summed E-state index contributed by atoms with van der Waals surface area (Å²) in [5.41, 5.74) is 0. The maximum absolute atomic E-state index is 12.3. The van der Waals surface area contributed by atoms with Crippen LogP contribution in [-0.4, -0.2) is 23.5 Å². The molecule has 0 aliphatic carbocycles. The molecule has 0 amide bonds. The molecule has 0 saturated heterocycles. The number of hydrogen-bond donors (Lipinski definition) is 0. The van der Waals surface area contributed by atoms with Crippen LogP contribution < -0.4 is 0 Å². The van der Waals surface area contributed by atoms with Gasteiger partial charge in [0.2, 0.25) is 15.7 Å². The fourth-order valence-electron chi connectivity index (χ4n) is 1.36. The van der Waals surface area contributed by atoms with Crippen molar-refractivity contribution in [3.63, 3.8) is 0 Å². The minimum atomic E-state index is -3.75. The first-order valence-corrected chi connectivity index (χ1v) is 7.00. The largest absolute Gasteiger partial charge is 0.338 e. The van der Waals surface area contributed by atoms with E-state index in [1.54, 1.807) is 13.0 Å². The van der Waals surface area contributed by atoms with Gasteiger partial charge in [0.15, 0.2) is 10.9 Å². The van der Waals surface area contributed by atoms with Gasteiger partial charge in [-0.25, -0.2) is 13.4 Å². The molecule has 0 saturated carbocycles. The zero-order chi connectivity index (χ0) is 13.3. The van der Waals surface area contributed by atoms with E-state index in [1.165, 1.54) is 19.2 Å². The maximum Gasteiger partial charge on any atom is 0.245 e. The standard InChI is InChI=1S/C10H10ClN3O3S/c1-6(9-13-7(2)14-17-9)18(15,16)10-8(11)4-3-5-12-10/h3-6H,1-2H3/t6-/m1/s1. The van der Waals surface area contributed by atoms with Crippen molar-refractivity contribution in [2.24, 2.45) is 0 Å². The molecule has 18 heavy (non-hydrogen) atoms. The van der Waals surface area contributed by atoms with Gasteiger partial charge >= 0.3 is 0 Å². The summed E-state index contributed by atoms with van der Waals surface area (Å²) in [5, 5.41) is 2.45. The van der Waals surface area contributed by atoms with Crippen LogP contribution in [-0.2, 0) is 9.84 Å². The number of aryl methyl sites for hydroxylation is 1. The highest BCUT2D eigenvalue weighted by molar-refractivity contribution is 7.91. The Balaban J connectivity index is 2.47. The van der Waals surface area contributed by atoms with Crippen LogP contribution in [0.2, 0.25) is 5.02 Å². The topological polar surface area (TPSA) is 86.0 Å². The predicted octanol–water partition coefficient (Wildman–Crippen LogP) is 1.96. The Labute approximate surface area is 109 Å². The van der Waals surface area contributed by atoms with Crippen molar-refractivity contribution in [1.29, 1.82) is 0 Å². The first kappa shape index (κ1) is 13.0. The number of rotatable bonds is 3. The highest BCUT2D eigenvalue weighted by Gasteiger charge is 2.32. The molecule has 0 N–H and O–H groups in total. The minimum Gasteiger partial charge on any atom is -0.338 e. The molecule has 0 radical (unpaired) electrons. The Bertz CT molecular complexity index is 669. The molecule has 0 unspecified atom stereocenters. The summed E-state index contributed by atoms with van der Waals surface area (Å²) < 4.78 is 29.4. The third kappa shape index (κ3) is 2.23. The van der Waals surface area contributed by atoms with Gasteiger partial charge in [-0.05, 0) is 26.0 Å². The van der Waals surface area contributed by atoms with E-state index in [9.17, 15) is 8.42 Å². The van der Waals surface area contributed by atoms with Gasteiger partial charge in [0, 0.05) is 6.20 Å². The highest BCUT2D eigenvalue weighted by atomic mass is 35.5. The van der Waals surface area contributed by atoms with Gasteiger partial charge < -0.3 is 4.52 Å². The van der Waals surface area contributed by atoms with Gasteiger partial charge in [-0.1, -0.05) is 16.8 Å². The first-order valence-electron chi connectivity index (χ1n) is 5.07. The van der Waals surface area contributed by atoms with Crippen molar-refractivity contribution in [3.05, 3.63) is 35.1 Å². The number of hydrogen-bond acceptors (Lipinski definition) is 6. The van der Waals surface area contributed by atoms with Crippen molar-refractivity contribution in [1.82, 2.24) is 15.1 Å². The van der Waals surface area contributed by atoms with Crippen molar-refractivity contribution in [2.45, 2.75) is 24.1 Å². The van der Waals surface area contributed by atoms with E-state index in [0.717, 1.165) is 0 Å². The fourth-order valence-corrected chi connectivity index (χ4v) is 3.05.